The molecule has 174 valence electrons. The highest BCUT2D eigenvalue weighted by molar-refractivity contribution is 9.10. The average Bonchev–Trinajstić information content (AvgIpc) is 3.25. The molecule has 0 atom stereocenters. The van der Waals surface area contributed by atoms with Gasteiger partial charge in [0.25, 0.3) is 11.1 Å². The Labute approximate surface area is 203 Å². The van der Waals surface area contributed by atoms with Crippen molar-refractivity contribution in [3.63, 3.8) is 0 Å². The number of hydrogen-bond acceptors (Lipinski definition) is 9. The Kier molecular flexibility index (Phi) is 7.51. The Bertz CT molecular complexity index is 1130. The maximum absolute atomic E-state index is 13.1. The van der Waals surface area contributed by atoms with Crippen molar-refractivity contribution < 1.29 is 19.4 Å². The molecule has 0 bridgehead atoms. The number of aromatic nitrogens is 4. The number of hydrogen-bond donors (Lipinski definition) is 2. The van der Waals surface area contributed by atoms with Gasteiger partial charge in [-0.1, -0.05) is 5.10 Å². The van der Waals surface area contributed by atoms with Gasteiger partial charge in [-0.2, -0.15) is 0 Å². The van der Waals surface area contributed by atoms with E-state index in [-0.39, 0.29) is 18.6 Å². The minimum Gasteiger partial charge on any atom is -0.494 e. The zero-order valence-corrected chi connectivity index (χ0v) is 20.6. The molecule has 3 aromatic heterocycles. The normalized spacial score (nSPS) is 18.1. The van der Waals surface area contributed by atoms with Crippen molar-refractivity contribution in [2.45, 2.75) is 38.7 Å². The van der Waals surface area contributed by atoms with E-state index < -0.39 is 0 Å². The van der Waals surface area contributed by atoms with E-state index in [2.05, 4.69) is 41.4 Å². The van der Waals surface area contributed by atoms with Crippen LogP contribution in [0, 0.1) is 12.8 Å². The van der Waals surface area contributed by atoms with Crippen molar-refractivity contribution in [1.82, 2.24) is 20.2 Å². The minimum atomic E-state index is -0.362. The Morgan fingerprint density at radius 3 is 2.70 bits per heavy atom. The lowest BCUT2D eigenvalue weighted by Crippen LogP contribution is -2.25. The van der Waals surface area contributed by atoms with Gasteiger partial charge in [0.1, 0.15) is 16.5 Å². The molecule has 0 aromatic carbocycles. The number of aryl methyl sites for hydroxylation is 1. The number of halogens is 1. The average molecular weight is 534 g/mol. The first-order chi connectivity index (χ1) is 16.0. The lowest BCUT2D eigenvalue weighted by molar-refractivity contribution is 0.102. The van der Waals surface area contributed by atoms with Gasteiger partial charge in [0.2, 0.25) is 5.13 Å². The van der Waals surface area contributed by atoms with E-state index in [1.807, 2.05) is 13.0 Å². The van der Waals surface area contributed by atoms with Crippen molar-refractivity contribution in [1.29, 1.82) is 0 Å². The number of amides is 1. The standard InChI is InChI=1S/C22H24BrN5O4S/c1-12-7-15(16-8-19(23)25-10-18(16)31-2)17(9-24-12)20(30)26-21-27-28-22(33-21)32-14-5-3-13(11-29)4-6-14/h7-10,13-14,29H,3-6,11H2,1-2H3,(H,26,27,30)/t13-,14+. The second-order valence-electron chi connectivity index (χ2n) is 7.85. The van der Waals surface area contributed by atoms with Crippen LogP contribution in [0.4, 0.5) is 5.13 Å². The Hall–Kier alpha value is -2.63. The first kappa shape index (κ1) is 23.5. The first-order valence-electron chi connectivity index (χ1n) is 10.6. The molecule has 1 amide bonds. The molecule has 4 rings (SSSR count). The number of ether oxygens (including phenoxy) is 2. The zero-order chi connectivity index (χ0) is 23.4. The summed E-state index contributed by atoms with van der Waals surface area (Å²) in [5.74, 6) is 0.532. The summed E-state index contributed by atoms with van der Waals surface area (Å²) in [6, 6.07) is 3.63. The highest BCUT2D eigenvalue weighted by atomic mass is 79.9. The topological polar surface area (TPSA) is 119 Å². The Morgan fingerprint density at radius 1 is 1.18 bits per heavy atom. The van der Waals surface area contributed by atoms with E-state index in [0.717, 1.165) is 36.9 Å². The number of aliphatic hydroxyl groups is 1. The SMILES string of the molecule is COc1cnc(Br)cc1-c1cc(C)ncc1C(=O)Nc1nnc(O[C@H]2CC[C@@H](CO)CC2)s1. The van der Waals surface area contributed by atoms with E-state index in [0.29, 0.717) is 37.7 Å². The van der Waals surface area contributed by atoms with Gasteiger partial charge in [0, 0.05) is 29.6 Å². The number of nitrogens with one attached hydrogen (secondary N) is 1. The summed E-state index contributed by atoms with van der Waals surface area (Å²) in [6.45, 7) is 2.08. The number of nitrogens with zero attached hydrogens (tertiary/aromatic N) is 4. The second kappa shape index (κ2) is 10.5. The molecule has 0 spiro atoms. The van der Waals surface area contributed by atoms with Crippen molar-refractivity contribution in [2.75, 3.05) is 19.0 Å². The van der Waals surface area contributed by atoms with Crippen LogP contribution < -0.4 is 14.8 Å². The van der Waals surface area contributed by atoms with Crippen molar-refractivity contribution >= 4 is 38.3 Å². The van der Waals surface area contributed by atoms with Crippen molar-refractivity contribution in [3.8, 4) is 22.1 Å². The second-order valence-corrected chi connectivity index (χ2v) is 9.60. The highest BCUT2D eigenvalue weighted by Gasteiger charge is 2.24. The summed E-state index contributed by atoms with van der Waals surface area (Å²) >= 11 is 4.56. The molecule has 9 nitrogen and oxygen atoms in total. The number of carbonyl (C=O) groups excluding carboxylic acids is 1. The monoisotopic (exact) mass is 533 g/mol. The smallest absolute Gasteiger partial charge is 0.296 e. The quantitative estimate of drug-likeness (QED) is 0.432. The number of pyridine rings is 2. The third-order valence-corrected chi connectivity index (χ3v) is 6.74. The van der Waals surface area contributed by atoms with Crippen LogP contribution >= 0.6 is 27.3 Å². The summed E-state index contributed by atoms with van der Waals surface area (Å²) in [6.07, 6.45) is 6.78. The number of rotatable bonds is 7. The van der Waals surface area contributed by atoms with E-state index in [9.17, 15) is 9.90 Å². The van der Waals surface area contributed by atoms with Gasteiger partial charge in [-0.25, -0.2) is 4.98 Å². The fourth-order valence-electron chi connectivity index (χ4n) is 3.80. The molecule has 1 aliphatic carbocycles. The number of anilines is 1. The predicted molar refractivity (Wildman–Crippen MR) is 128 cm³/mol. The molecule has 0 radical (unpaired) electrons. The van der Waals surface area contributed by atoms with Crippen LogP contribution in [-0.2, 0) is 0 Å². The van der Waals surface area contributed by atoms with Crippen LogP contribution in [0.2, 0.25) is 0 Å². The van der Waals surface area contributed by atoms with Gasteiger partial charge in [-0.3, -0.25) is 15.1 Å². The molecule has 1 aliphatic rings. The number of aliphatic hydroxyl groups excluding tert-OH is 1. The van der Waals surface area contributed by atoms with Crippen molar-refractivity contribution in [3.05, 3.63) is 40.4 Å². The molecule has 3 aromatic rings. The summed E-state index contributed by atoms with van der Waals surface area (Å²) in [5.41, 5.74) is 2.52. The summed E-state index contributed by atoms with van der Waals surface area (Å²) in [5, 5.41) is 21.0. The molecule has 11 heteroatoms. The van der Waals surface area contributed by atoms with Gasteiger partial charge in [0.15, 0.2) is 0 Å². The maximum Gasteiger partial charge on any atom is 0.296 e. The van der Waals surface area contributed by atoms with Gasteiger partial charge in [0.05, 0.1) is 18.9 Å². The summed E-state index contributed by atoms with van der Waals surface area (Å²) in [4.78, 5) is 21.6. The maximum atomic E-state index is 13.1. The molecular formula is C22H24BrN5O4S. The molecular weight excluding hydrogens is 510 g/mol. The molecule has 33 heavy (non-hydrogen) atoms. The summed E-state index contributed by atoms with van der Waals surface area (Å²) < 4.78 is 12.0. The fourth-order valence-corrected chi connectivity index (χ4v) is 4.79. The predicted octanol–water partition coefficient (Wildman–Crippen LogP) is 4.26. The van der Waals surface area contributed by atoms with E-state index in [4.69, 9.17) is 9.47 Å². The number of carbonyl (C=O) groups is 1. The minimum absolute atomic E-state index is 0.0507. The van der Waals surface area contributed by atoms with Gasteiger partial charge in [-0.05, 0) is 77.9 Å². The van der Waals surface area contributed by atoms with Gasteiger partial charge >= 0.3 is 0 Å². The number of methoxy groups -OCH3 is 1. The molecule has 0 unspecified atom stereocenters. The molecule has 0 aliphatic heterocycles. The molecule has 1 fully saturated rings. The van der Waals surface area contributed by atoms with E-state index >= 15 is 0 Å². The fraction of sp³-hybridized carbons (Fsp3) is 0.409. The Balaban J connectivity index is 1.51. The van der Waals surface area contributed by atoms with Crippen LogP contribution in [-0.4, -0.2) is 51.0 Å². The van der Waals surface area contributed by atoms with Crippen LogP contribution in [0.3, 0.4) is 0 Å². The first-order valence-corrected chi connectivity index (χ1v) is 12.2. The molecule has 3 heterocycles. The highest BCUT2D eigenvalue weighted by Crippen LogP contribution is 2.35. The third kappa shape index (κ3) is 5.66. The zero-order valence-electron chi connectivity index (χ0n) is 18.2. The Morgan fingerprint density at radius 2 is 1.97 bits per heavy atom. The largest absolute Gasteiger partial charge is 0.494 e. The van der Waals surface area contributed by atoms with Crippen molar-refractivity contribution in [2.24, 2.45) is 5.92 Å². The van der Waals surface area contributed by atoms with Crippen LogP contribution in [0.1, 0.15) is 41.7 Å². The molecule has 1 saturated carbocycles. The van der Waals surface area contributed by atoms with E-state index in [1.54, 1.807) is 19.4 Å². The van der Waals surface area contributed by atoms with Crippen LogP contribution in [0.15, 0.2) is 29.1 Å². The molecule has 2 N–H and O–H groups in total. The lowest BCUT2D eigenvalue weighted by atomic mass is 9.88. The van der Waals surface area contributed by atoms with Crippen LogP contribution in [0.5, 0.6) is 10.9 Å². The lowest BCUT2D eigenvalue weighted by Gasteiger charge is -2.26. The van der Waals surface area contributed by atoms with E-state index in [1.165, 1.54) is 17.5 Å². The van der Waals surface area contributed by atoms with Crippen LogP contribution in [0.25, 0.3) is 11.1 Å². The molecule has 0 saturated heterocycles. The summed E-state index contributed by atoms with van der Waals surface area (Å²) in [7, 11) is 1.56. The van der Waals surface area contributed by atoms with Gasteiger partial charge in [-0.15, -0.1) is 5.10 Å². The third-order valence-electron chi connectivity index (χ3n) is 5.58. The van der Waals surface area contributed by atoms with Gasteiger partial charge < -0.3 is 14.6 Å².